The van der Waals surface area contributed by atoms with Gasteiger partial charge in [0.15, 0.2) is 0 Å². The molecule has 0 radical (unpaired) electrons. The SMILES string of the molecule is C#[N+][C@H](C)c1ccc(C(=O)OC)cc1. The van der Waals surface area contributed by atoms with Crippen molar-refractivity contribution in [2.75, 3.05) is 7.11 Å². The van der Waals surface area contributed by atoms with E-state index in [1.807, 2.05) is 19.1 Å². The van der Waals surface area contributed by atoms with Crippen LogP contribution in [0.4, 0.5) is 0 Å². The molecule has 1 aromatic carbocycles. The van der Waals surface area contributed by atoms with Crippen molar-refractivity contribution in [1.29, 1.82) is 0 Å². The van der Waals surface area contributed by atoms with Crippen LogP contribution in [0, 0.1) is 6.57 Å². The molecular weight excluding hydrogens is 178 g/mol. The van der Waals surface area contributed by atoms with Crippen LogP contribution in [0.2, 0.25) is 0 Å². The highest BCUT2D eigenvalue weighted by atomic mass is 16.5. The van der Waals surface area contributed by atoms with Gasteiger partial charge in [-0.05, 0) is 12.1 Å². The predicted octanol–water partition coefficient (Wildman–Crippen LogP) is 2.50. The van der Waals surface area contributed by atoms with E-state index >= 15 is 0 Å². The van der Waals surface area contributed by atoms with Crippen molar-refractivity contribution in [2.24, 2.45) is 0 Å². The highest BCUT2D eigenvalue weighted by Crippen LogP contribution is 2.16. The number of hydrogen-bond acceptors (Lipinski definition) is 2. The number of hydrogen-bond donors (Lipinski definition) is 0. The summed E-state index contributed by atoms with van der Waals surface area (Å²) in [6.07, 6.45) is 0. The Morgan fingerprint density at radius 1 is 1.43 bits per heavy atom. The molecule has 0 aromatic heterocycles. The van der Waals surface area contributed by atoms with Gasteiger partial charge in [0.1, 0.15) is 0 Å². The molecule has 0 fully saturated rings. The molecule has 14 heavy (non-hydrogen) atoms. The van der Waals surface area contributed by atoms with Crippen LogP contribution >= 0.6 is 0 Å². The zero-order valence-electron chi connectivity index (χ0n) is 8.23. The van der Waals surface area contributed by atoms with Gasteiger partial charge in [0.05, 0.1) is 12.7 Å². The second kappa shape index (κ2) is 4.43. The Hall–Kier alpha value is -1.82. The van der Waals surface area contributed by atoms with Crippen LogP contribution in [0.15, 0.2) is 24.3 Å². The second-order valence-corrected chi connectivity index (χ2v) is 2.94. The summed E-state index contributed by atoms with van der Waals surface area (Å²) in [7, 11) is 1.36. The molecule has 0 aliphatic heterocycles. The number of benzene rings is 1. The Morgan fingerprint density at radius 3 is 2.43 bits per heavy atom. The summed E-state index contributed by atoms with van der Waals surface area (Å²) in [6, 6.07) is 6.97. The van der Waals surface area contributed by atoms with Crippen LogP contribution in [0.5, 0.6) is 0 Å². The summed E-state index contributed by atoms with van der Waals surface area (Å²) < 4.78 is 4.58. The molecule has 1 atom stereocenters. The first-order valence-corrected chi connectivity index (χ1v) is 4.27. The molecule has 0 N–H and O–H groups in total. The number of esters is 1. The minimum absolute atomic E-state index is 0.0540. The van der Waals surface area contributed by atoms with E-state index in [0.717, 1.165) is 5.56 Å². The lowest BCUT2D eigenvalue weighted by molar-refractivity contribution is 0.0600. The number of ether oxygens (including phenoxy) is 1. The van der Waals surface area contributed by atoms with Crippen molar-refractivity contribution in [1.82, 2.24) is 0 Å². The molecular formula is C11H12NO2+. The van der Waals surface area contributed by atoms with Gasteiger partial charge < -0.3 is 4.74 Å². The van der Waals surface area contributed by atoms with Crippen molar-refractivity contribution in [2.45, 2.75) is 13.0 Å². The maximum Gasteiger partial charge on any atom is 0.337 e. The minimum Gasteiger partial charge on any atom is -0.465 e. The van der Waals surface area contributed by atoms with E-state index in [-0.39, 0.29) is 12.0 Å². The molecule has 0 aliphatic rings. The quantitative estimate of drug-likeness (QED) is 0.671. The lowest BCUT2D eigenvalue weighted by Crippen LogP contribution is -2.01. The average Bonchev–Trinajstić information content (AvgIpc) is 2.27. The molecule has 1 aromatic rings. The van der Waals surface area contributed by atoms with Crippen molar-refractivity contribution >= 4 is 5.97 Å². The topological polar surface area (TPSA) is 30.7 Å². The fourth-order valence-corrected chi connectivity index (χ4v) is 1.10. The molecule has 0 heterocycles. The first kappa shape index (κ1) is 10.3. The van der Waals surface area contributed by atoms with E-state index in [2.05, 4.69) is 9.58 Å². The van der Waals surface area contributed by atoms with Crippen LogP contribution in [0.3, 0.4) is 0 Å². The molecule has 72 valence electrons. The number of nitrogens with zero attached hydrogens (tertiary/aromatic N) is 1. The Kier molecular flexibility index (Phi) is 3.24. The van der Waals surface area contributed by atoms with Gasteiger partial charge in [-0.25, -0.2) is 4.79 Å². The van der Waals surface area contributed by atoms with E-state index in [4.69, 9.17) is 6.57 Å². The minimum atomic E-state index is -0.339. The fraction of sp³-hybridized carbons (Fsp3) is 0.273. The Labute approximate surface area is 83.1 Å². The molecule has 0 bridgehead atoms. The molecule has 3 nitrogen and oxygen atoms in total. The summed E-state index contributed by atoms with van der Waals surface area (Å²) in [5.74, 6) is -0.339. The van der Waals surface area contributed by atoms with Gasteiger partial charge in [0.2, 0.25) is 0 Å². The number of carbonyl (C=O) groups excluding carboxylic acids is 1. The van der Waals surface area contributed by atoms with Crippen LogP contribution in [-0.2, 0) is 4.74 Å². The van der Waals surface area contributed by atoms with E-state index in [0.29, 0.717) is 5.56 Å². The largest absolute Gasteiger partial charge is 0.465 e. The smallest absolute Gasteiger partial charge is 0.337 e. The van der Waals surface area contributed by atoms with E-state index in [1.165, 1.54) is 7.11 Å². The van der Waals surface area contributed by atoms with Crippen molar-refractivity contribution in [3.05, 3.63) is 40.2 Å². The summed E-state index contributed by atoms with van der Waals surface area (Å²) in [5, 5.41) is 0. The van der Waals surface area contributed by atoms with Gasteiger partial charge in [0, 0.05) is 12.5 Å². The van der Waals surface area contributed by atoms with Crippen molar-refractivity contribution in [3.63, 3.8) is 0 Å². The standard InChI is InChI=1S/C11H12NO2/c1-8(12-2)9-4-6-10(7-5-9)11(13)14-3/h2,4-8H,1,3H3/q+1/t8-/m1/s1. The number of rotatable bonds is 2. The van der Waals surface area contributed by atoms with Gasteiger partial charge in [-0.1, -0.05) is 17.0 Å². The van der Waals surface area contributed by atoms with Gasteiger partial charge >= 0.3 is 5.97 Å². The van der Waals surface area contributed by atoms with Gasteiger partial charge in [-0.15, -0.1) is 0 Å². The highest BCUT2D eigenvalue weighted by molar-refractivity contribution is 5.89. The first-order valence-electron chi connectivity index (χ1n) is 4.27. The molecule has 0 saturated heterocycles. The summed E-state index contributed by atoms with van der Waals surface area (Å²) in [6.45, 7) is 7.04. The third-order valence-corrected chi connectivity index (χ3v) is 2.04. The maximum atomic E-state index is 11.1. The molecule has 0 saturated carbocycles. The third kappa shape index (κ3) is 2.11. The zero-order valence-corrected chi connectivity index (χ0v) is 8.23. The van der Waals surface area contributed by atoms with E-state index < -0.39 is 0 Å². The molecule has 0 amide bonds. The highest BCUT2D eigenvalue weighted by Gasteiger charge is 2.12. The Balaban J connectivity index is 2.90. The molecule has 3 heteroatoms. The normalized spacial score (nSPS) is 11.5. The van der Waals surface area contributed by atoms with Crippen molar-refractivity contribution < 1.29 is 9.53 Å². The lowest BCUT2D eigenvalue weighted by atomic mass is 10.1. The average molecular weight is 190 g/mol. The van der Waals surface area contributed by atoms with Crippen LogP contribution < -0.4 is 0 Å². The fourth-order valence-electron chi connectivity index (χ4n) is 1.10. The molecule has 1 rings (SSSR count). The molecule has 0 aliphatic carbocycles. The van der Waals surface area contributed by atoms with Crippen LogP contribution in [0.25, 0.3) is 4.85 Å². The predicted molar refractivity (Wildman–Crippen MR) is 54.5 cm³/mol. The number of methoxy groups -OCH3 is 1. The van der Waals surface area contributed by atoms with Crippen LogP contribution in [-0.4, -0.2) is 13.1 Å². The first-order chi connectivity index (χ1) is 6.69. The Morgan fingerprint density at radius 2 is 2.00 bits per heavy atom. The summed E-state index contributed by atoms with van der Waals surface area (Å²) in [5.41, 5.74) is 1.50. The number of carbonyl (C=O) groups is 1. The maximum absolute atomic E-state index is 11.1. The monoisotopic (exact) mass is 190 g/mol. The second-order valence-electron chi connectivity index (χ2n) is 2.94. The summed E-state index contributed by atoms with van der Waals surface area (Å²) >= 11 is 0. The lowest BCUT2D eigenvalue weighted by Gasteiger charge is -1.99. The summed E-state index contributed by atoms with van der Waals surface area (Å²) in [4.78, 5) is 14.7. The van der Waals surface area contributed by atoms with Crippen molar-refractivity contribution in [3.8, 4) is 6.57 Å². The molecule has 0 unspecified atom stereocenters. The van der Waals surface area contributed by atoms with Gasteiger partial charge in [-0.2, -0.15) is 0 Å². The van der Waals surface area contributed by atoms with Gasteiger partial charge in [-0.3, -0.25) is 0 Å². The van der Waals surface area contributed by atoms with E-state index in [9.17, 15) is 4.79 Å². The third-order valence-electron chi connectivity index (χ3n) is 2.04. The Bertz CT molecular complexity index is 362. The van der Waals surface area contributed by atoms with Crippen LogP contribution in [0.1, 0.15) is 28.9 Å². The van der Waals surface area contributed by atoms with Gasteiger partial charge in [0.25, 0.3) is 12.6 Å². The van der Waals surface area contributed by atoms with E-state index in [1.54, 1.807) is 12.1 Å². The molecule has 0 spiro atoms. The zero-order chi connectivity index (χ0) is 10.6.